The molecule has 29 heavy (non-hydrogen) atoms. The molecule has 0 spiro atoms. The molecule has 1 aliphatic rings. The zero-order chi connectivity index (χ0) is 20.4. The fourth-order valence-corrected chi connectivity index (χ4v) is 4.59. The third-order valence-electron chi connectivity index (χ3n) is 5.02. The second kappa shape index (κ2) is 8.51. The van der Waals surface area contributed by atoms with Gasteiger partial charge in [-0.25, -0.2) is 0 Å². The Hall–Kier alpha value is -2.45. The lowest BCUT2D eigenvalue weighted by Crippen LogP contribution is -2.34. The molecule has 9 heteroatoms. The highest BCUT2D eigenvalue weighted by molar-refractivity contribution is 7.20. The van der Waals surface area contributed by atoms with E-state index in [-0.39, 0.29) is 11.6 Å². The molecule has 1 aromatic carbocycles. The molecule has 1 saturated heterocycles. The SMILES string of the molecule is CC1CCCN(c2nn3c(C(=O)NCCc4ccc(Cl)cc4)cc(=O)nc3s2)C1. The molecule has 1 fully saturated rings. The maximum atomic E-state index is 12.7. The predicted molar refractivity (Wildman–Crippen MR) is 115 cm³/mol. The van der Waals surface area contributed by atoms with Gasteiger partial charge in [0.15, 0.2) is 0 Å². The van der Waals surface area contributed by atoms with Crippen molar-refractivity contribution in [1.82, 2.24) is 19.9 Å². The Morgan fingerprint density at radius 2 is 2.14 bits per heavy atom. The first-order valence-corrected chi connectivity index (χ1v) is 10.9. The third kappa shape index (κ3) is 4.59. The van der Waals surface area contributed by atoms with Gasteiger partial charge >= 0.3 is 0 Å². The van der Waals surface area contributed by atoms with E-state index in [9.17, 15) is 9.59 Å². The van der Waals surface area contributed by atoms with Gasteiger partial charge < -0.3 is 10.2 Å². The van der Waals surface area contributed by atoms with Crippen LogP contribution in [0.2, 0.25) is 5.02 Å². The van der Waals surface area contributed by atoms with Gasteiger partial charge in [-0.05, 0) is 42.9 Å². The summed E-state index contributed by atoms with van der Waals surface area (Å²) in [6, 6.07) is 8.74. The molecule has 0 aliphatic carbocycles. The Morgan fingerprint density at radius 1 is 1.34 bits per heavy atom. The predicted octanol–water partition coefficient (Wildman–Crippen LogP) is 3.01. The molecule has 2 aromatic heterocycles. The first kappa shape index (κ1) is 19.8. The highest BCUT2D eigenvalue weighted by Crippen LogP contribution is 2.27. The molecular formula is C20H22ClN5O2S. The van der Waals surface area contributed by atoms with E-state index in [1.165, 1.54) is 28.3 Å². The number of aromatic nitrogens is 3. The second-order valence-corrected chi connectivity index (χ2v) is 8.76. The largest absolute Gasteiger partial charge is 0.350 e. The van der Waals surface area contributed by atoms with E-state index in [0.717, 1.165) is 30.2 Å². The van der Waals surface area contributed by atoms with Crippen molar-refractivity contribution in [3.8, 4) is 0 Å². The van der Waals surface area contributed by atoms with Crippen LogP contribution < -0.4 is 15.8 Å². The number of nitrogens with one attached hydrogen (secondary N) is 1. The minimum atomic E-state index is -0.435. The molecule has 0 radical (unpaired) electrons. The number of anilines is 1. The number of rotatable bonds is 5. The monoisotopic (exact) mass is 431 g/mol. The number of hydrogen-bond acceptors (Lipinski definition) is 6. The van der Waals surface area contributed by atoms with Crippen molar-refractivity contribution in [3.05, 3.63) is 57.0 Å². The van der Waals surface area contributed by atoms with Crippen LogP contribution in [-0.4, -0.2) is 40.1 Å². The maximum Gasteiger partial charge on any atom is 0.274 e. The lowest BCUT2D eigenvalue weighted by Gasteiger charge is -2.30. The van der Waals surface area contributed by atoms with Crippen LogP contribution in [0.25, 0.3) is 4.96 Å². The number of nitrogens with zero attached hydrogens (tertiary/aromatic N) is 4. The van der Waals surface area contributed by atoms with E-state index in [1.807, 2.05) is 24.3 Å². The van der Waals surface area contributed by atoms with Gasteiger partial charge in [0.25, 0.3) is 11.5 Å². The third-order valence-corrected chi connectivity index (χ3v) is 6.24. The number of piperidine rings is 1. The van der Waals surface area contributed by atoms with E-state index in [1.54, 1.807) is 0 Å². The summed E-state index contributed by atoms with van der Waals surface area (Å²) in [7, 11) is 0. The van der Waals surface area contributed by atoms with Crippen LogP contribution in [0.15, 0.2) is 35.1 Å². The number of hydrogen-bond donors (Lipinski definition) is 1. The Kier molecular flexibility index (Phi) is 5.82. The van der Waals surface area contributed by atoms with Gasteiger partial charge in [0.05, 0.1) is 0 Å². The smallest absolute Gasteiger partial charge is 0.274 e. The van der Waals surface area contributed by atoms with Crippen molar-refractivity contribution in [1.29, 1.82) is 0 Å². The van der Waals surface area contributed by atoms with Crippen molar-refractivity contribution in [3.63, 3.8) is 0 Å². The van der Waals surface area contributed by atoms with E-state index in [0.29, 0.717) is 28.9 Å². The summed E-state index contributed by atoms with van der Waals surface area (Å²) in [6.07, 6.45) is 2.98. The second-order valence-electron chi connectivity index (χ2n) is 7.38. The summed E-state index contributed by atoms with van der Waals surface area (Å²) in [5, 5.41) is 8.94. The van der Waals surface area contributed by atoms with Crippen LogP contribution >= 0.6 is 22.9 Å². The summed E-state index contributed by atoms with van der Waals surface area (Å²) in [5.74, 6) is 0.261. The van der Waals surface area contributed by atoms with Crippen LogP contribution in [0.3, 0.4) is 0 Å². The fraction of sp³-hybridized carbons (Fsp3) is 0.400. The van der Waals surface area contributed by atoms with Crippen molar-refractivity contribution in [2.45, 2.75) is 26.2 Å². The zero-order valence-electron chi connectivity index (χ0n) is 16.1. The molecule has 0 saturated carbocycles. The number of benzene rings is 1. The molecule has 1 aliphatic heterocycles. The van der Waals surface area contributed by atoms with E-state index in [4.69, 9.17) is 11.6 Å². The van der Waals surface area contributed by atoms with Gasteiger partial charge in [-0.3, -0.25) is 9.59 Å². The summed E-state index contributed by atoms with van der Waals surface area (Å²) in [6.45, 7) is 4.52. The van der Waals surface area contributed by atoms with Crippen molar-refractivity contribution in [2.24, 2.45) is 5.92 Å². The number of amides is 1. The molecule has 0 bridgehead atoms. The molecule has 1 amide bonds. The van der Waals surface area contributed by atoms with Gasteiger partial charge in [0, 0.05) is 30.7 Å². The van der Waals surface area contributed by atoms with Crippen molar-refractivity contribution in [2.75, 3.05) is 24.5 Å². The highest BCUT2D eigenvalue weighted by Gasteiger charge is 2.22. The summed E-state index contributed by atoms with van der Waals surface area (Å²) >= 11 is 7.24. The fourth-order valence-electron chi connectivity index (χ4n) is 3.52. The minimum Gasteiger partial charge on any atom is -0.350 e. The molecule has 1 unspecified atom stereocenters. The summed E-state index contributed by atoms with van der Waals surface area (Å²) in [4.78, 5) is 31.4. The molecule has 1 N–H and O–H groups in total. The van der Waals surface area contributed by atoms with Crippen LogP contribution in [0, 0.1) is 5.92 Å². The number of fused-ring (bicyclic) bond motifs is 1. The van der Waals surface area contributed by atoms with Gasteiger partial charge in [-0.2, -0.15) is 9.50 Å². The van der Waals surface area contributed by atoms with Crippen molar-refractivity contribution >= 4 is 38.9 Å². The molecule has 4 rings (SSSR count). The molecule has 3 heterocycles. The minimum absolute atomic E-state index is 0.212. The number of carbonyl (C=O) groups excluding carboxylic acids is 1. The zero-order valence-corrected chi connectivity index (χ0v) is 17.7. The summed E-state index contributed by atoms with van der Waals surface area (Å²) in [5.41, 5.74) is 0.848. The molecule has 3 aromatic rings. The Bertz CT molecular complexity index is 1080. The number of carbonyl (C=O) groups is 1. The average Bonchev–Trinajstić information content (AvgIpc) is 3.12. The molecule has 7 nitrogen and oxygen atoms in total. The Morgan fingerprint density at radius 3 is 2.90 bits per heavy atom. The van der Waals surface area contributed by atoms with Crippen LogP contribution in [0.5, 0.6) is 0 Å². The van der Waals surface area contributed by atoms with Gasteiger partial charge in [-0.1, -0.05) is 42.0 Å². The molecule has 152 valence electrons. The molecular weight excluding hydrogens is 410 g/mol. The maximum absolute atomic E-state index is 12.7. The first-order valence-electron chi connectivity index (χ1n) is 9.68. The topological polar surface area (TPSA) is 79.6 Å². The van der Waals surface area contributed by atoms with Crippen LogP contribution in [0.4, 0.5) is 5.13 Å². The van der Waals surface area contributed by atoms with Gasteiger partial charge in [0.2, 0.25) is 10.1 Å². The van der Waals surface area contributed by atoms with Gasteiger partial charge in [0.1, 0.15) is 5.69 Å². The lowest BCUT2D eigenvalue weighted by molar-refractivity contribution is 0.0946. The Labute approximate surface area is 177 Å². The normalized spacial score (nSPS) is 16.9. The van der Waals surface area contributed by atoms with E-state index < -0.39 is 5.56 Å². The number of halogens is 1. The average molecular weight is 432 g/mol. The summed E-state index contributed by atoms with van der Waals surface area (Å²) < 4.78 is 1.48. The van der Waals surface area contributed by atoms with Crippen LogP contribution in [0.1, 0.15) is 35.8 Å². The standard InChI is InChI=1S/C20H22ClN5O2S/c1-13-3-2-10-25(12-13)20-24-26-16(11-17(27)23-19(26)29-20)18(28)22-9-8-14-4-6-15(21)7-5-14/h4-7,11,13H,2-3,8-10,12H2,1H3,(H,22,28). The van der Waals surface area contributed by atoms with E-state index in [2.05, 4.69) is 27.2 Å². The first-order chi connectivity index (χ1) is 14.0. The lowest BCUT2D eigenvalue weighted by atomic mass is 10.0. The van der Waals surface area contributed by atoms with Gasteiger partial charge in [-0.15, -0.1) is 5.10 Å². The van der Waals surface area contributed by atoms with Crippen molar-refractivity contribution < 1.29 is 4.79 Å². The van der Waals surface area contributed by atoms with Crippen LogP contribution in [-0.2, 0) is 6.42 Å². The Balaban J connectivity index is 1.51. The highest BCUT2D eigenvalue weighted by atomic mass is 35.5. The molecule has 1 atom stereocenters. The van der Waals surface area contributed by atoms with E-state index >= 15 is 0 Å². The quantitative estimate of drug-likeness (QED) is 0.671.